The van der Waals surface area contributed by atoms with E-state index in [2.05, 4.69) is 15.6 Å². The maximum atomic E-state index is 14.3. The van der Waals surface area contributed by atoms with Crippen molar-refractivity contribution < 1.29 is 44.0 Å². The molecule has 3 rings (SSSR count). The molecule has 0 bridgehead atoms. The molecule has 1 unspecified atom stereocenters. The van der Waals surface area contributed by atoms with Crippen LogP contribution in [-0.4, -0.2) is 104 Å². The van der Waals surface area contributed by atoms with Gasteiger partial charge in [-0.3, -0.25) is 28.9 Å². The number of aliphatic hydroxyl groups excluding tert-OH is 1. The summed E-state index contributed by atoms with van der Waals surface area (Å²) in [4.78, 5) is 73.3. The number of ether oxygens (including phenoxy) is 1. The molecular weight excluding hydrogens is 715 g/mol. The van der Waals surface area contributed by atoms with E-state index in [1.807, 2.05) is 39.6 Å². The van der Waals surface area contributed by atoms with Crippen LogP contribution in [0.2, 0.25) is 0 Å². The summed E-state index contributed by atoms with van der Waals surface area (Å²) >= 11 is 1.10. The number of carboxylic acids is 1. The number of benzene rings is 1. The second-order valence-electron chi connectivity index (χ2n) is 14.9. The Bertz CT molecular complexity index is 1550. The van der Waals surface area contributed by atoms with E-state index < -0.39 is 60.6 Å². The number of amides is 3. The lowest BCUT2D eigenvalue weighted by molar-refractivity contribution is -0.151. The van der Waals surface area contributed by atoms with Crippen molar-refractivity contribution in [3.05, 3.63) is 45.9 Å². The van der Waals surface area contributed by atoms with Crippen LogP contribution in [0.15, 0.2) is 29.6 Å². The summed E-state index contributed by atoms with van der Waals surface area (Å²) in [5, 5.41) is 37.7. The first kappa shape index (κ1) is 44.3. The van der Waals surface area contributed by atoms with Crippen molar-refractivity contribution in [2.75, 3.05) is 20.3 Å². The number of phenolic OH excluding ortho intramolecular Hbond substituents is 1. The lowest BCUT2D eigenvalue weighted by Gasteiger charge is -2.38. The number of nitrogens with one attached hydrogen (secondary N) is 2. The number of thiazole rings is 1. The van der Waals surface area contributed by atoms with E-state index in [1.54, 1.807) is 19.1 Å². The molecule has 1 aliphatic rings. The molecule has 15 heteroatoms. The topological polar surface area (TPSA) is 199 Å². The number of rotatable bonds is 19. The van der Waals surface area contributed by atoms with Gasteiger partial charge in [-0.05, 0) is 68.8 Å². The minimum absolute atomic E-state index is 0.0463. The summed E-state index contributed by atoms with van der Waals surface area (Å²) in [7, 11) is 1.92. The summed E-state index contributed by atoms with van der Waals surface area (Å²) < 4.78 is 5.73. The third-order valence-corrected chi connectivity index (χ3v) is 11.2. The van der Waals surface area contributed by atoms with Crippen molar-refractivity contribution in [3.8, 4) is 5.75 Å². The van der Waals surface area contributed by atoms with Crippen molar-refractivity contribution in [2.24, 2.45) is 17.8 Å². The first-order valence-electron chi connectivity index (χ1n) is 18.9. The molecule has 0 radical (unpaired) electrons. The number of phenols is 1. The molecule has 1 aromatic heterocycles. The van der Waals surface area contributed by atoms with E-state index in [0.717, 1.165) is 42.7 Å². The first-order chi connectivity index (χ1) is 25.6. The number of aromatic hydroxyl groups is 1. The highest BCUT2D eigenvalue weighted by Gasteiger charge is 2.38. The molecule has 0 saturated carbocycles. The van der Waals surface area contributed by atoms with E-state index in [9.17, 15) is 39.3 Å². The molecule has 0 spiro atoms. The lowest BCUT2D eigenvalue weighted by Crippen LogP contribution is -2.58. The van der Waals surface area contributed by atoms with Crippen LogP contribution in [-0.2, 0) is 30.3 Å². The number of aliphatic carboxylic acids is 1. The number of nitrogens with zero attached hydrogens (tertiary/aromatic N) is 3. The molecule has 300 valence electrons. The van der Waals surface area contributed by atoms with Crippen LogP contribution in [0.3, 0.4) is 0 Å². The molecule has 1 fully saturated rings. The predicted molar refractivity (Wildman–Crippen MR) is 205 cm³/mol. The van der Waals surface area contributed by atoms with Crippen LogP contribution in [0.1, 0.15) is 114 Å². The van der Waals surface area contributed by atoms with Gasteiger partial charge >= 0.3 is 11.9 Å². The second kappa shape index (κ2) is 21.1. The van der Waals surface area contributed by atoms with Crippen molar-refractivity contribution in [3.63, 3.8) is 0 Å². The fourth-order valence-electron chi connectivity index (χ4n) is 6.85. The quantitative estimate of drug-likeness (QED) is 0.0995. The molecule has 7 atom stereocenters. The van der Waals surface area contributed by atoms with Gasteiger partial charge in [0, 0.05) is 30.8 Å². The van der Waals surface area contributed by atoms with Crippen molar-refractivity contribution in [1.82, 2.24) is 25.4 Å². The standard InChI is InChI=1S/C39H59N5O9S/c1-8-24(4)34(42-36(49)31-12-10-9-11-17-43(31)7)38(50)44(22-45)32(23(2)3)20-33(53-26(6)46)37-41-30(21-54-37)35(48)40-28(18-25(5)39(51)52)19-27-13-15-29(47)16-14-27/h13-16,21,23-25,28,31-34,45,47H,8-12,17-20,22H2,1-7H3,(H,40,48)(H,42,49)(H,51,52)/t24?,25-,28+,31+,32+,33+,34-/m0/s1. The molecule has 0 aliphatic carbocycles. The highest BCUT2D eigenvalue weighted by atomic mass is 32.1. The van der Waals surface area contributed by atoms with E-state index in [4.69, 9.17) is 4.74 Å². The summed E-state index contributed by atoms with van der Waals surface area (Å²) in [6.45, 7) is 10.6. The third kappa shape index (κ3) is 12.8. The molecule has 1 saturated heterocycles. The Morgan fingerprint density at radius 3 is 2.31 bits per heavy atom. The fraction of sp³-hybridized carbons (Fsp3) is 0.641. The number of carbonyl (C=O) groups excluding carboxylic acids is 4. The Balaban J connectivity index is 1.85. The van der Waals surface area contributed by atoms with Crippen molar-refractivity contribution >= 4 is 41.0 Å². The summed E-state index contributed by atoms with van der Waals surface area (Å²) in [6.07, 6.45) is 3.81. The number of carbonyl (C=O) groups is 5. The third-order valence-electron chi connectivity index (χ3n) is 10.3. The summed E-state index contributed by atoms with van der Waals surface area (Å²) in [5.41, 5.74) is 0.837. The minimum atomic E-state index is -1.000. The monoisotopic (exact) mass is 773 g/mol. The van der Waals surface area contributed by atoms with Gasteiger partial charge in [-0.1, -0.05) is 66.0 Å². The lowest BCUT2D eigenvalue weighted by atomic mass is 9.92. The largest absolute Gasteiger partial charge is 0.508 e. The van der Waals surface area contributed by atoms with Crippen LogP contribution in [0.25, 0.3) is 0 Å². The van der Waals surface area contributed by atoms with E-state index in [1.165, 1.54) is 29.3 Å². The van der Waals surface area contributed by atoms with Crippen LogP contribution in [0.4, 0.5) is 0 Å². The number of hydrogen-bond donors (Lipinski definition) is 5. The SMILES string of the molecule is CCC(C)[C@H](NC(=O)[C@H]1CCCCCN1C)C(=O)N(CO)[C@H](C[C@@H](OC(C)=O)c1nc(C(=O)N[C@@H](Cc2ccc(O)cc2)C[C@H](C)C(=O)O)cs1)C(C)C. The van der Waals surface area contributed by atoms with Gasteiger partial charge in [-0.25, -0.2) is 4.98 Å². The van der Waals surface area contributed by atoms with Crippen LogP contribution in [0, 0.1) is 17.8 Å². The first-order valence-corrected chi connectivity index (χ1v) is 19.8. The number of aromatic nitrogens is 1. The number of esters is 1. The summed E-state index contributed by atoms with van der Waals surface area (Å²) in [5.74, 6) is -3.91. The van der Waals surface area contributed by atoms with Crippen LogP contribution < -0.4 is 10.6 Å². The molecule has 2 aromatic rings. The van der Waals surface area contributed by atoms with Gasteiger partial charge in [0.2, 0.25) is 11.8 Å². The Labute approximate surface area is 322 Å². The zero-order valence-corrected chi connectivity index (χ0v) is 33.4. The van der Waals surface area contributed by atoms with E-state index in [0.29, 0.717) is 24.3 Å². The Morgan fingerprint density at radius 1 is 1.04 bits per heavy atom. The maximum Gasteiger partial charge on any atom is 0.306 e. The van der Waals surface area contributed by atoms with Gasteiger partial charge in [0.1, 0.15) is 29.2 Å². The van der Waals surface area contributed by atoms with Crippen LogP contribution >= 0.6 is 11.3 Å². The predicted octanol–water partition coefficient (Wildman–Crippen LogP) is 4.50. The molecule has 1 aromatic carbocycles. The van der Waals surface area contributed by atoms with Crippen molar-refractivity contribution in [2.45, 2.75) is 123 Å². The zero-order valence-electron chi connectivity index (χ0n) is 32.6. The molecular formula is C39H59N5O9S. The molecule has 3 amide bonds. The van der Waals surface area contributed by atoms with Gasteiger partial charge in [-0.15, -0.1) is 11.3 Å². The zero-order chi connectivity index (χ0) is 40.1. The van der Waals surface area contributed by atoms with Crippen LogP contribution in [0.5, 0.6) is 5.75 Å². The fourth-order valence-corrected chi connectivity index (χ4v) is 7.69. The Hall–Kier alpha value is -4.08. The van der Waals surface area contributed by atoms with E-state index >= 15 is 0 Å². The highest BCUT2D eigenvalue weighted by Crippen LogP contribution is 2.31. The van der Waals surface area contributed by atoms with Crippen molar-refractivity contribution in [1.29, 1.82) is 0 Å². The molecule has 54 heavy (non-hydrogen) atoms. The minimum Gasteiger partial charge on any atom is -0.508 e. The van der Waals surface area contributed by atoms with Gasteiger partial charge in [0.25, 0.3) is 5.91 Å². The average Bonchev–Trinajstić information content (AvgIpc) is 3.52. The van der Waals surface area contributed by atoms with E-state index in [-0.39, 0.29) is 48.1 Å². The molecule has 1 aliphatic heterocycles. The Kier molecular flexibility index (Phi) is 17.3. The summed E-state index contributed by atoms with van der Waals surface area (Å²) in [6, 6.07) is 3.96. The van der Waals surface area contributed by atoms with Gasteiger partial charge in [0.05, 0.1) is 12.0 Å². The maximum absolute atomic E-state index is 14.3. The normalized spacial score (nSPS) is 18.4. The molecule has 5 N–H and O–H groups in total. The number of aliphatic hydroxyl groups is 1. The Morgan fingerprint density at radius 2 is 1.72 bits per heavy atom. The highest BCUT2D eigenvalue weighted by molar-refractivity contribution is 7.09. The second-order valence-corrected chi connectivity index (χ2v) is 15.8. The number of likely N-dealkylation sites (N-methyl/N-ethyl adjacent to an activating group) is 1. The van der Waals surface area contributed by atoms with Gasteiger partial charge in [0.15, 0.2) is 6.10 Å². The number of carboxylic acid groups (broad SMARTS) is 1. The number of likely N-dealkylation sites (tertiary alicyclic amines) is 1. The number of hydrogen-bond acceptors (Lipinski definition) is 11. The smallest absolute Gasteiger partial charge is 0.306 e. The molecule has 2 heterocycles. The van der Waals surface area contributed by atoms with Gasteiger partial charge < -0.3 is 35.6 Å². The van der Waals surface area contributed by atoms with Gasteiger partial charge in [-0.2, -0.15) is 0 Å². The average molecular weight is 774 g/mol. The molecule has 14 nitrogen and oxygen atoms in total.